The Labute approximate surface area is 109 Å². The number of hydrogen-bond donors (Lipinski definition) is 1. The monoisotopic (exact) mass is 246 g/mol. The molecule has 0 spiro atoms. The van der Waals surface area contributed by atoms with Crippen LogP contribution in [-0.2, 0) is 6.54 Å². The molecule has 0 radical (unpaired) electrons. The van der Waals surface area contributed by atoms with Crippen LogP contribution in [0.25, 0.3) is 0 Å². The molecule has 98 valence electrons. The molecule has 3 nitrogen and oxygen atoms in total. The fourth-order valence-corrected chi connectivity index (χ4v) is 3.32. The molecule has 4 rings (SSSR count). The molecule has 0 amide bonds. The van der Waals surface area contributed by atoms with Crippen LogP contribution in [0.3, 0.4) is 0 Å². The van der Waals surface area contributed by atoms with E-state index in [0.717, 1.165) is 17.4 Å². The summed E-state index contributed by atoms with van der Waals surface area (Å²) in [6, 6.07) is 8.94. The Morgan fingerprint density at radius 3 is 2.61 bits per heavy atom. The van der Waals surface area contributed by atoms with Gasteiger partial charge in [-0.1, -0.05) is 12.1 Å². The smallest absolute Gasteiger partial charge is 0.119 e. The van der Waals surface area contributed by atoms with Gasteiger partial charge in [-0.2, -0.15) is 0 Å². The van der Waals surface area contributed by atoms with E-state index in [4.69, 9.17) is 10.5 Å². The van der Waals surface area contributed by atoms with E-state index < -0.39 is 0 Å². The van der Waals surface area contributed by atoms with Crippen molar-refractivity contribution in [2.24, 2.45) is 11.7 Å². The average Bonchev–Trinajstić information content (AvgIpc) is 2.41. The van der Waals surface area contributed by atoms with Crippen molar-refractivity contribution in [2.75, 3.05) is 13.6 Å². The van der Waals surface area contributed by atoms with E-state index in [9.17, 15) is 0 Å². The molecule has 3 heteroatoms. The topological polar surface area (TPSA) is 38.5 Å². The Kier molecular flexibility index (Phi) is 3.27. The molecule has 3 atom stereocenters. The minimum absolute atomic E-state index is 0.406. The summed E-state index contributed by atoms with van der Waals surface area (Å²) in [5.41, 5.74) is 6.76. The lowest BCUT2D eigenvalue weighted by Crippen LogP contribution is -2.53. The Hall–Kier alpha value is -1.06. The normalized spacial score (nSPS) is 31.6. The predicted molar refractivity (Wildman–Crippen MR) is 72.5 cm³/mol. The summed E-state index contributed by atoms with van der Waals surface area (Å²) in [6.45, 7) is 1.79. The Morgan fingerprint density at radius 1 is 1.28 bits per heavy atom. The second-order valence-corrected chi connectivity index (χ2v) is 5.67. The second-order valence-electron chi connectivity index (χ2n) is 5.67. The molecule has 18 heavy (non-hydrogen) atoms. The summed E-state index contributed by atoms with van der Waals surface area (Å²) in [5.74, 6) is 1.70. The number of nitrogens with two attached hydrogens (primary N) is 1. The van der Waals surface area contributed by atoms with Gasteiger partial charge >= 0.3 is 0 Å². The molecule has 2 aliphatic heterocycles. The van der Waals surface area contributed by atoms with Crippen molar-refractivity contribution in [3.05, 3.63) is 29.8 Å². The van der Waals surface area contributed by atoms with Crippen LogP contribution in [0.15, 0.2) is 24.3 Å². The Balaban J connectivity index is 1.66. The number of nitrogens with zero attached hydrogens (tertiary/aromatic N) is 1. The van der Waals surface area contributed by atoms with Crippen LogP contribution >= 0.6 is 0 Å². The van der Waals surface area contributed by atoms with E-state index in [1.807, 2.05) is 12.1 Å². The molecule has 2 bridgehead atoms. The van der Waals surface area contributed by atoms with E-state index >= 15 is 0 Å². The van der Waals surface area contributed by atoms with E-state index in [-0.39, 0.29) is 0 Å². The zero-order valence-electron chi connectivity index (χ0n) is 11.0. The highest BCUT2D eigenvalue weighted by Gasteiger charge is 2.39. The standard InChI is InChI=1S/C15H22N2O/c1-17-10-12-4-5-13(17)8-15(12)18-14-6-2-11(9-16)3-7-14/h2-3,6-7,12-13,15H,4-5,8-10,16H2,1H3. The third-order valence-corrected chi connectivity index (χ3v) is 4.49. The lowest BCUT2D eigenvalue weighted by Gasteiger charge is -2.47. The number of piperidine rings is 2. The Bertz CT molecular complexity index is 403. The van der Waals surface area contributed by atoms with Crippen LogP contribution in [0.4, 0.5) is 0 Å². The molecular formula is C15H22N2O. The summed E-state index contributed by atoms with van der Waals surface area (Å²) in [4.78, 5) is 2.49. The maximum Gasteiger partial charge on any atom is 0.119 e. The summed E-state index contributed by atoms with van der Waals surface area (Å²) in [6.07, 6.45) is 4.25. The highest BCUT2D eigenvalue weighted by atomic mass is 16.5. The number of fused-ring (bicyclic) bond motifs is 3. The van der Waals surface area contributed by atoms with Crippen LogP contribution in [0.5, 0.6) is 5.75 Å². The summed E-state index contributed by atoms with van der Waals surface area (Å²) >= 11 is 0. The fourth-order valence-electron chi connectivity index (χ4n) is 3.32. The molecule has 1 aromatic carbocycles. The van der Waals surface area contributed by atoms with E-state index in [0.29, 0.717) is 18.6 Å². The lowest BCUT2D eigenvalue weighted by atomic mass is 9.78. The largest absolute Gasteiger partial charge is 0.490 e. The van der Waals surface area contributed by atoms with Crippen molar-refractivity contribution in [3.63, 3.8) is 0 Å². The summed E-state index contributed by atoms with van der Waals surface area (Å²) < 4.78 is 6.17. The maximum absolute atomic E-state index is 6.17. The number of hydrogen-bond acceptors (Lipinski definition) is 3. The van der Waals surface area contributed by atoms with Crippen LogP contribution in [0.2, 0.25) is 0 Å². The number of benzene rings is 1. The van der Waals surface area contributed by atoms with Gasteiger partial charge < -0.3 is 15.4 Å². The maximum atomic E-state index is 6.17. The van der Waals surface area contributed by atoms with E-state index in [2.05, 4.69) is 24.1 Å². The fraction of sp³-hybridized carbons (Fsp3) is 0.600. The van der Waals surface area contributed by atoms with Crippen molar-refractivity contribution in [3.8, 4) is 5.75 Å². The molecule has 2 heterocycles. The van der Waals surface area contributed by atoms with Gasteiger partial charge in [0.05, 0.1) is 0 Å². The van der Waals surface area contributed by atoms with Crippen molar-refractivity contribution in [1.29, 1.82) is 0 Å². The first kappa shape index (κ1) is 12.0. The second kappa shape index (κ2) is 4.90. The predicted octanol–water partition coefficient (Wildman–Crippen LogP) is 2.01. The third-order valence-electron chi connectivity index (χ3n) is 4.49. The van der Waals surface area contributed by atoms with Gasteiger partial charge in [-0.05, 0) is 37.6 Å². The first-order valence-electron chi connectivity index (χ1n) is 6.92. The molecule has 2 saturated heterocycles. The van der Waals surface area contributed by atoms with Crippen molar-refractivity contribution in [2.45, 2.75) is 38.0 Å². The zero-order valence-corrected chi connectivity index (χ0v) is 11.0. The lowest BCUT2D eigenvalue weighted by molar-refractivity contribution is -0.0246. The van der Waals surface area contributed by atoms with E-state index in [1.165, 1.54) is 25.8 Å². The number of rotatable bonds is 3. The van der Waals surface area contributed by atoms with Gasteiger partial charge in [0.25, 0.3) is 0 Å². The molecule has 3 aliphatic rings. The van der Waals surface area contributed by atoms with Crippen LogP contribution in [-0.4, -0.2) is 30.6 Å². The summed E-state index contributed by atoms with van der Waals surface area (Å²) in [5, 5.41) is 0. The van der Waals surface area contributed by atoms with Gasteiger partial charge in [-0.25, -0.2) is 0 Å². The summed E-state index contributed by atoms with van der Waals surface area (Å²) in [7, 11) is 2.24. The molecule has 1 aromatic rings. The molecule has 2 N–H and O–H groups in total. The minimum Gasteiger partial charge on any atom is -0.490 e. The number of ether oxygens (including phenoxy) is 1. The molecule has 1 aliphatic carbocycles. The quantitative estimate of drug-likeness (QED) is 0.886. The zero-order chi connectivity index (χ0) is 12.5. The highest BCUT2D eigenvalue weighted by molar-refractivity contribution is 5.27. The molecule has 1 saturated carbocycles. The van der Waals surface area contributed by atoms with E-state index in [1.54, 1.807) is 0 Å². The SMILES string of the molecule is CN1CC2CCC1CC2Oc1ccc(CN)cc1. The first-order valence-corrected chi connectivity index (χ1v) is 6.92. The molecule has 0 aromatic heterocycles. The van der Waals surface area contributed by atoms with Crippen LogP contribution in [0.1, 0.15) is 24.8 Å². The average molecular weight is 246 g/mol. The molecule has 3 fully saturated rings. The van der Waals surface area contributed by atoms with Gasteiger partial charge in [-0.3, -0.25) is 0 Å². The highest BCUT2D eigenvalue weighted by Crippen LogP contribution is 2.36. The molecule has 3 unspecified atom stereocenters. The third kappa shape index (κ3) is 2.25. The van der Waals surface area contributed by atoms with Crippen molar-refractivity contribution in [1.82, 2.24) is 4.90 Å². The van der Waals surface area contributed by atoms with Gasteiger partial charge in [0, 0.05) is 31.5 Å². The van der Waals surface area contributed by atoms with Crippen molar-refractivity contribution < 1.29 is 4.74 Å². The Morgan fingerprint density at radius 2 is 2.06 bits per heavy atom. The minimum atomic E-state index is 0.406. The van der Waals surface area contributed by atoms with Crippen LogP contribution in [0, 0.1) is 5.92 Å². The first-order chi connectivity index (χ1) is 8.76. The van der Waals surface area contributed by atoms with Crippen LogP contribution < -0.4 is 10.5 Å². The van der Waals surface area contributed by atoms with Gasteiger partial charge in [-0.15, -0.1) is 0 Å². The van der Waals surface area contributed by atoms with Gasteiger partial charge in [0.1, 0.15) is 11.9 Å². The van der Waals surface area contributed by atoms with Gasteiger partial charge in [0.2, 0.25) is 0 Å². The molecular weight excluding hydrogens is 224 g/mol. The van der Waals surface area contributed by atoms with Crippen molar-refractivity contribution >= 4 is 0 Å². The van der Waals surface area contributed by atoms with Gasteiger partial charge in [0.15, 0.2) is 0 Å².